The highest BCUT2D eigenvalue weighted by molar-refractivity contribution is 7.13. The number of carbonyl (C=O) groups is 1. The summed E-state index contributed by atoms with van der Waals surface area (Å²) in [6.45, 7) is 2.65. The van der Waals surface area contributed by atoms with Crippen molar-refractivity contribution in [3.63, 3.8) is 0 Å². The first-order valence-electron chi connectivity index (χ1n) is 9.41. The molecule has 3 heterocycles. The second-order valence-corrected chi connectivity index (χ2v) is 8.54. The fourth-order valence-electron chi connectivity index (χ4n) is 3.51. The predicted molar refractivity (Wildman–Crippen MR) is 123 cm³/mol. The molecule has 0 spiro atoms. The van der Waals surface area contributed by atoms with Crippen molar-refractivity contribution >= 4 is 40.5 Å². The normalized spacial score (nSPS) is 11.1. The molecule has 0 saturated carbocycles. The average Bonchev–Trinajstić information content (AvgIpc) is 3.41. The monoisotopic (exact) mass is 473 g/mol. The van der Waals surface area contributed by atoms with Crippen LogP contribution in [0.25, 0.3) is 21.8 Å². The molecule has 1 aromatic carbocycles. The number of carboxylic acid groups (broad SMARTS) is 1. The molecule has 0 unspecified atom stereocenters. The number of pyridine rings is 1. The third-order valence-electron chi connectivity index (χ3n) is 4.86. The predicted octanol–water partition coefficient (Wildman–Crippen LogP) is 5.51. The lowest BCUT2D eigenvalue weighted by molar-refractivity contribution is 0.0695. The van der Waals surface area contributed by atoms with Gasteiger partial charge in [0.15, 0.2) is 5.43 Å². The van der Waals surface area contributed by atoms with Crippen LogP contribution < -0.4 is 5.43 Å². The van der Waals surface area contributed by atoms with Crippen molar-refractivity contribution in [3.05, 3.63) is 85.6 Å². The zero-order valence-electron chi connectivity index (χ0n) is 16.4. The molecule has 3 aromatic heterocycles. The number of aromatic nitrogens is 3. The maximum atomic E-state index is 12.8. The summed E-state index contributed by atoms with van der Waals surface area (Å²) in [4.78, 5) is 25.8. The molecule has 0 aliphatic rings. The first-order valence-corrected chi connectivity index (χ1v) is 11.1. The summed E-state index contributed by atoms with van der Waals surface area (Å²) < 4.78 is 3.53. The molecular weight excluding hydrogens is 457 g/mol. The third-order valence-corrected chi connectivity index (χ3v) is 6.49. The summed E-state index contributed by atoms with van der Waals surface area (Å²) in [6.07, 6.45) is 1.84. The molecule has 158 valence electrons. The van der Waals surface area contributed by atoms with Gasteiger partial charge in [0.05, 0.1) is 27.2 Å². The van der Waals surface area contributed by atoms with Crippen molar-refractivity contribution < 1.29 is 9.90 Å². The van der Waals surface area contributed by atoms with E-state index in [2.05, 4.69) is 5.10 Å². The molecule has 0 saturated heterocycles. The Hall–Kier alpha value is -2.87. The van der Waals surface area contributed by atoms with Gasteiger partial charge in [-0.15, -0.1) is 11.3 Å². The molecule has 0 radical (unpaired) electrons. The van der Waals surface area contributed by atoms with Gasteiger partial charge in [-0.1, -0.05) is 35.3 Å². The number of hydrogen-bond donors (Lipinski definition) is 1. The summed E-state index contributed by atoms with van der Waals surface area (Å²) in [5.41, 5.74) is 1.41. The average molecular weight is 474 g/mol. The van der Waals surface area contributed by atoms with Crippen LogP contribution in [0.1, 0.15) is 23.0 Å². The van der Waals surface area contributed by atoms with Crippen LogP contribution in [0.4, 0.5) is 0 Å². The number of thiophene rings is 1. The Labute approximate surface area is 191 Å². The van der Waals surface area contributed by atoms with E-state index >= 15 is 0 Å². The van der Waals surface area contributed by atoms with Crippen LogP contribution in [0, 0.1) is 0 Å². The van der Waals surface area contributed by atoms with Gasteiger partial charge in [0.1, 0.15) is 11.3 Å². The highest BCUT2D eigenvalue weighted by atomic mass is 35.5. The van der Waals surface area contributed by atoms with E-state index in [1.54, 1.807) is 38.8 Å². The van der Waals surface area contributed by atoms with Crippen molar-refractivity contribution in [1.29, 1.82) is 0 Å². The van der Waals surface area contributed by atoms with Crippen molar-refractivity contribution in [2.45, 2.75) is 20.0 Å². The summed E-state index contributed by atoms with van der Waals surface area (Å²) >= 11 is 13.8. The number of rotatable bonds is 6. The highest BCUT2D eigenvalue weighted by Gasteiger charge is 2.22. The van der Waals surface area contributed by atoms with Gasteiger partial charge in [0, 0.05) is 30.1 Å². The van der Waals surface area contributed by atoms with Crippen LogP contribution in [0.5, 0.6) is 0 Å². The number of nitrogens with zero attached hydrogens (tertiary/aromatic N) is 3. The van der Waals surface area contributed by atoms with E-state index in [1.807, 2.05) is 36.7 Å². The number of carboxylic acids is 1. The van der Waals surface area contributed by atoms with Gasteiger partial charge in [-0.2, -0.15) is 5.10 Å². The minimum Gasteiger partial charge on any atom is -0.477 e. The Morgan fingerprint density at radius 2 is 1.97 bits per heavy atom. The number of benzene rings is 1. The standard InChI is InChI=1S/C22H17Cl2N3O3S/c1-2-27-14(12-26-8-7-17(25-26)19-4-3-9-31-19)11-18(28)20(22(29)30)21(27)13-5-6-15(23)16(24)10-13/h3-11H,2,12H2,1H3,(H,29,30). The number of halogens is 2. The van der Waals surface area contributed by atoms with E-state index in [0.29, 0.717) is 35.1 Å². The van der Waals surface area contributed by atoms with Crippen LogP contribution in [0.3, 0.4) is 0 Å². The Kier molecular flexibility index (Phi) is 6.00. The van der Waals surface area contributed by atoms with E-state index in [9.17, 15) is 14.7 Å². The molecule has 6 nitrogen and oxygen atoms in total. The molecule has 0 amide bonds. The minimum absolute atomic E-state index is 0.281. The van der Waals surface area contributed by atoms with Gasteiger partial charge >= 0.3 is 5.97 Å². The first-order chi connectivity index (χ1) is 14.9. The number of aromatic carboxylic acids is 1. The summed E-state index contributed by atoms with van der Waals surface area (Å²) in [5, 5.41) is 17.0. The lowest BCUT2D eigenvalue weighted by atomic mass is 10.0. The van der Waals surface area contributed by atoms with E-state index in [-0.39, 0.29) is 10.6 Å². The second-order valence-electron chi connectivity index (χ2n) is 6.78. The van der Waals surface area contributed by atoms with Crippen LogP contribution in [-0.4, -0.2) is 25.4 Å². The fourth-order valence-corrected chi connectivity index (χ4v) is 4.50. The minimum atomic E-state index is -1.29. The van der Waals surface area contributed by atoms with E-state index in [4.69, 9.17) is 23.2 Å². The first kappa shape index (κ1) is 21.4. The van der Waals surface area contributed by atoms with Crippen LogP contribution in [-0.2, 0) is 13.1 Å². The third kappa shape index (κ3) is 4.17. The van der Waals surface area contributed by atoms with Gasteiger partial charge in [-0.3, -0.25) is 9.48 Å². The summed E-state index contributed by atoms with van der Waals surface area (Å²) in [7, 11) is 0. The van der Waals surface area contributed by atoms with E-state index < -0.39 is 11.4 Å². The molecule has 9 heteroatoms. The Balaban J connectivity index is 1.86. The zero-order chi connectivity index (χ0) is 22.1. The summed E-state index contributed by atoms with van der Waals surface area (Å²) in [6, 6.07) is 12.0. The van der Waals surface area contributed by atoms with Crippen molar-refractivity contribution in [3.8, 4) is 21.8 Å². The van der Waals surface area contributed by atoms with Gasteiger partial charge in [-0.25, -0.2) is 4.79 Å². The van der Waals surface area contributed by atoms with Crippen molar-refractivity contribution in [2.75, 3.05) is 0 Å². The SMILES string of the molecule is CCn1c(Cn2ccc(-c3cccs3)n2)cc(=O)c(C(=O)O)c1-c1ccc(Cl)c(Cl)c1. The Morgan fingerprint density at radius 3 is 2.61 bits per heavy atom. The quantitative estimate of drug-likeness (QED) is 0.400. The molecule has 4 rings (SSSR count). The molecule has 31 heavy (non-hydrogen) atoms. The van der Waals surface area contributed by atoms with Crippen molar-refractivity contribution in [1.82, 2.24) is 14.3 Å². The van der Waals surface area contributed by atoms with E-state index in [1.165, 1.54) is 6.07 Å². The zero-order valence-corrected chi connectivity index (χ0v) is 18.7. The largest absolute Gasteiger partial charge is 0.477 e. The molecule has 0 fully saturated rings. The van der Waals surface area contributed by atoms with Gasteiger partial charge in [0.25, 0.3) is 0 Å². The van der Waals surface area contributed by atoms with Gasteiger partial charge < -0.3 is 9.67 Å². The molecule has 0 aliphatic carbocycles. The second kappa shape index (κ2) is 8.70. The molecule has 0 aliphatic heterocycles. The Bertz CT molecular complexity index is 1330. The van der Waals surface area contributed by atoms with Crippen LogP contribution in [0.2, 0.25) is 10.0 Å². The summed E-state index contributed by atoms with van der Waals surface area (Å²) in [5.74, 6) is -1.29. The lowest BCUT2D eigenvalue weighted by Gasteiger charge is -2.20. The molecule has 0 atom stereocenters. The van der Waals surface area contributed by atoms with Crippen molar-refractivity contribution in [2.24, 2.45) is 0 Å². The Morgan fingerprint density at radius 1 is 1.16 bits per heavy atom. The van der Waals surface area contributed by atoms with E-state index in [0.717, 1.165) is 10.6 Å². The van der Waals surface area contributed by atoms with Crippen LogP contribution >= 0.6 is 34.5 Å². The molecule has 0 bridgehead atoms. The molecule has 1 N–H and O–H groups in total. The molecular formula is C22H17Cl2N3O3S. The van der Waals surface area contributed by atoms with Gasteiger partial charge in [0.2, 0.25) is 0 Å². The topological polar surface area (TPSA) is 77.1 Å². The lowest BCUT2D eigenvalue weighted by Crippen LogP contribution is -2.24. The smallest absolute Gasteiger partial charge is 0.341 e. The number of hydrogen-bond acceptors (Lipinski definition) is 4. The molecule has 4 aromatic rings. The maximum Gasteiger partial charge on any atom is 0.341 e. The van der Waals surface area contributed by atoms with Gasteiger partial charge in [-0.05, 0) is 36.6 Å². The van der Waals surface area contributed by atoms with Crippen LogP contribution in [0.15, 0.2) is 58.8 Å². The fraction of sp³-hybridized carbons (Fsp3) is 0.136. The highest BCUT2D eigenvalue weighted by Crippen LogP contribution is 2.31. The maximum absolute atomic E-state index is 12.8.